The second-order valence-electron chi connectivity index (χ2n) is 8.92. The molecule has 0 aromatic carbocycles. The summed E-state index contributed by atoms with van der Waals surface area (Å²) in [6.45, 7) is 8.54. The van der Waals surface area contributed by atoms with Crippen molar-refractivity contribution >= 4 is 29.2 Å². The predicted octanol–water partition coefficient (Wildman–Crippen LogP) is 3.13. The van der Waals surface area contributed by atoms with E-state index in [1.165, 1.54) is 10.9 Å². The number of fused-ring (bicyclic) bond motifs is 1. The van der Waals surface area contributed by atoms with Crippen molar-refractivity contribution in [3.63, 3.8) is 0 Å². The fourth-order valence-electron chi connectivity index (χ4n) is 3.23. The largest absolute Gasteiger partial charge is 0.445 e. The number of hydrogen-bond acceptors (Lipinski definition) is 8. The molecule has 0 aliphatic carbocycles. The van der Waals surface area contributed by atoms with Crippen molar-refractivity contribution in [2.45, 2.75) is 70.9 Å². The van der Waals surface area contributed by atoms with Gasteiger partial charge in [0.25, 0.3) is 0 Å². The maximum absolute atomic E-state index is 14.2. The average Bonchev–Trinajstić information content (AvgIpc) is 3.29. The van der Waals surface area contributed by atoms with Crippen molar-refractivity contribution in [1.82, 2.24) is 24.8 Å². The van der Waals surface area contributed by atoms with Crippen LogP contribution in [0.15, 0.2) is 6.33 Å². The number of alkyl carbamates (subject to hydrolysis) is 1. The highest BCUT2D eigenvalue weighted by Gasteiger charge is 2.41. The number of nitrogens with one attached hydrogen (secondary N) is 2. The molecule has 33 heavy (non-hydrogen) atoms. The number of anilines is 1. The molecular formula is C21H27FN6O5. The third-order valence-corrected chi connectivity index (χ3v) is 4.59. The van der Waals surface area contributed by atoms with Crippen molar-refractivity contribution in [3.8, 4) is 12.3 Å². The smallest absolute Gasteiger partial charge is 0.413 e. The molecule has 11 nitrogen and oxygen atoms in total. The molecule has 2 unspecified atom stereocenters. The number of nitrogens with zero attached hydrogens (tertiary/aromatic N) is 4. The summed E-state index contributed by atoms with van der Waals surface area (Å²) in [5.74, 6) is 2.42. The van der Waals surface area contributed by atoms with Gasteiger partial charge in [0, 0.05) is 6.04 Å². The van der Waals surface area contributed by atoms with Crippen molar-refractivity contribution in [1.29, 1.82) is 0 Å². The highest BCUT2D eigenvalue weighted by atomic mass is 19.1. The molecule has 3 rings (SSSR count). The second-order valence-corrected chi connectivity index (χ2v) is 8.92. The third kappa shape index (κ3) is 5.87. The van der Waals surface area contributed by atoms with Gasteiger partial charge >= 0.3 is 18.3 Å². The first-order valence-electron chi connectivity index (χ1n) is 10.4. The van der Waals surface area contributed by atoms with E-state index in [0.717, 1.165) is 0 Å². The maximum atomic E-state index is 14.2. The van der Waals surface area contributed by atoms with Crippen LogP contribution in [0.25, 0.3) is 11.2 Å². The molecule has 0 spiro atoms. The molecule has 0 saturated carbocycles. The van der Waals surface area contributed by atoms with Crippen LogP contribution in [0.1, 0.15) is 53.7 Å². The van der Waals surface area contributed by atoms with Gasteiger partial charge in [0.05, 0.1) is 6.33 Å². The Morgan fingerprint density at radius 3 is 2.76 bits per heavy atom. The zero-order valence-corrected chi connectivity index (χ0v) is 19.1. The maximum Gasteiger partial charge on any atom is 0.413 e. The fourth-order valence-corrected chi connectivity index (χ4v) is 3.23. The van der Waals surface area contributed by atoms with Gasteiger partial charge in [-0.05, 0) is 47.5 Å². The van der Waals surface area contributed by atoms with E-state index in [1.54, 1.807) is 34.6 Å². The van der Waals surface area contributed by atoms with Crippen molar-refractivity contribution in [2.75, 3.05) is 11.9 Å². The summed E-state index contributed by atoms with van der Waals surface area (Å²) in [5.41, 5.74) is -1.65. The molecule has 12 heteroatoms. The van der Waals surface area contributed by atoms with E-state index in [-0.39, 0.29) is 29.6 Å². The monoisotopic (exact) mass is 462 g/mol. The molecule has 1 aliphatic heterocycles. The van der Waals surface area contributed by atoms with Gasteiger partial charge in [0.15, 0.2) is 22.6 Å². The van der Waals surface area contributed by atoms with E-state index in [2.05, 4.69) is 31.5 Å². The molecule has 0 radical (unpaired) electrons. The first kappa shape index (κ1) is 24.2. The van der Waals surface area contributed by atoms with Crippen LogP contribution in [0, 0.1) is 18.4 Å². The van der Waals surface area contributed by atoms with Crippen molar-refractivity contribution < 1.29 is 28.2 Å². The number of hydrogen-bond donors (Lipinski definition) is 2. The molecule has 2 N–H and O–H groups in total. The van der Waals surface area contributed by atoms with E-state index in [9.17, 15) is 14.0 Å². The number of rotatable bonds is 5. The number of carbonyl (C=O) groups excluding carboxylic acids is 2. The Balaban J connectivity index is 1.79. The molecule has 3 heterocycles. The minimum Gasteiger partial charge on any atom is -0.445 e. The van der Waals surface area contributed by atoms with Gasteiger partial charge in [-0.15, -0.1) is 6.42 Å². The van der Waals surface area contributed by atoms with Crippen LogP contribution in [0.3, 0.4) is 0 Å². The highest BCUT2D eigenvalue weighted by Crippen LogP contribution is 2.38. The molecule has 0 bridgehead atoms. The molecule has 2 amide bonds. The van der Waals surface area contributed by atoms with E-state index < -0.39 is 35.7 Å². The normalized spacial score (nSPS) is 20.5. The van der Waals surface area contributed by atoms with Crippen molar-refractivity contribution in [2.24, 2.45) is 0 Å². The molecule has 1 fully saturated rings. The average molecular weight is 462 g/mol. The van der Waals surface area contributed by atoms with Crippen LogP contribution >= 0.6 is 0 Å². The van der Waals surface area contributed by atoms with Crippen LogP contribution in [-0.4, -0.2) is 55.6 Å². The van der Waals surface area contributed by atoms with Crippen molar-refractivity contribution in [3.05, 3.63) is 12.4 Å². The Bertz CT molecular complexity index is 1090. The quantitative estimate of drug-likeness (QED) is 0.512. The summed E-state index contributed by atoms with van der Waals surface area (Å²) in [5, 5.41) is 5.01. The molecule has 2 aromatic rings. The van der Waals surface area contributed by atoms with Gasteiger partial charge in [-0.2, -0.15) is 14.4 Å². The van der Waals surface area contributed by atoms with Crippen LogP contribution < -0.4 is 10.6 Å². The Labute approximate surface area is 190 Å². The summed E-state index contributed by atoms with van der Waals surface area (Å²) >= 11 is 0. The third-order valence-electron chi connectivity index (χ3n) is 4.59. The zero-order chi connectivity index (χ0) is 24.4. The Kier molecular flexibility index (Phi) is 6.73. The van der Waals surface area contributed by atoms with E-state index in [1.807, 2.05) is 0 Å². The number of halogens is 1. The Morgan fingerprint density at radius 2 is 2.12 bits per heavy atom. The number of aromatic nitrogens is 4. The number of ether oxygens (including phenoxy) is 3. The van der Waals surface area contributed by atoms with Gasteiger partial charge in [-0.1, -0.05) is 5.92 Å². The van der Waals surface area contributed by atoms with E-state index in [0.29, 0.717) is 12.8 Å². The minimum absolute atomic E-state index is 0.0908. The number of amides is 2. The molecular weight excluding hydrogens is 435 g/mol. The first-order chi connectivity index (χ1) is 15.4. The van der Waals surface area contributed by atoms with Crippen LogP contribution in [-0.2, 0) is 14.2 Å². The summed E-state index contributed by atoms with van der Waals surface area (Å²) in [7, 11) is 0. The van der Waals surface area contributed by atoms with Gasteiger partial charge in [0.1, 0.15) is 18.4 Å². The summed E-state index contributed by atoms with van der Waals surface area (Å²) in [4.78, 5) is 35.6. The highest BCUT2D eigenvalue weighted by molar-refractivity contribution is 5.93. The molecule has 2 aromatic heterocycles. The topological polar surface area (TPSA) is 129 Å². The molecule has 1 saturated heterocycles. The standard InChI is InChI=1S/C21H27FN6O5/c1-7-21(10-31-18(29)24-12(2)3)9-8-13(32-21)28-11-23-14-15(25-17(22)27-16(14)28)26-19(30)33-20(4,5)6/h1,11-13H,8-10H2,2-6H3,(H,24,29)(H,25,26,27,30). The summed E-state index contributed by atoms with van der Waals surface area (Å²) < 4.78 is 32.1. The zero-order valence-electron chi connectivity index (χ0n) is 19.1. The van der Waals surface area contributed by atoms with Crippen LogP contribution in [0.2, 0.25) is 0 Å². The lowest BCUT2D eigenvalue weighted by atomic mass is 10.0. The summed E-state index contributed by atoms with van der Waals surface area (Å²) in [6.07, 6.45) is 4.77. The summed E-state index contributed by atoms with van der Waals surface area (Å²) in [6, 6.07) is -0.0908. The SMILES string of the molecule is C#CC1(COC(=O)NC(C)C)CCC(n2cnc3c(NC(=O)OC(C)(C)C)nc(F)nc32)O1. The predicted molar refractivity (Wildman–Crippen MR) is 116 cm³/mol. The minimum atomic E-state index is -1.15. The van der Waals surface area contributed by atoms with Gasteiger partial charge < -0.3 is 19.5 Å². The second kappa shape index (κ2) is 9.19. The van der Waals surface area contributed by atoms with Gasteiger partial charge in [0.2, 0.25) is 0 Å². The van der Waals surface area contributed by atoms with Gasteiger partial charge in [-0.3, -0.25) is 9.88 Å². The van der Waals surface area contributed by atoms with Gasteiger partial charge in [-0.25, -0.2) is 14.6 Å². The lowest BCUT2D eigenvalue weighted by Gasteiger charge is -2.24. The molecule has 2 atom stereocenters. The van der Waals surface area contributed by atoms with E-state index in [4.69, 9.17) is 20.6 Å². The number of imidazole rings is 1. The molecule has 178 valence electrons. The number of terminal acetylenes is 1. The van der Waals surface area contributed by atoms with Crippen LogP contribution in [0.5, 0.6) is 0 Å². The first-order valence-corrected chi connectivity index (χ1v) is 10.4. The number of carbonyl (C=O) groups is 2. The lowest BCUT2D eigenvalue weighted by Crippen LogP contribution is -2.38. The Hall–Kier alpha value is -3.46. The Morgan fingerprint density at radius 1 is 1.39 bits per heavy atom. The van der Waals surface area contributed by atoms with Crippen LogP contribution in [0.4, 0.5) is 19.8 Å². The van der Waals surface area contributed by atoms with E-state index >= 15 is 0 Å². The lowest BCUT2D eigenvalue weighted by molar-refractivity contribution is -0.0645. The fraction of sp³-hybridized carbons (Fsp3) is 0.571. The molecule has 1 aliphatic rings.